The van der Waals surface area contributed by atoms with Gasteiger partial charge in [0, 0.05) is 11.4 Å². The normalized spacial score (nSPS) is 11.9. The molecule has 1 amide bonds. The molecule has 0 aliphatic rings. The van der Waals surface area contributed by atoms with E-state index >= 15 is 0 Å². The van der Waals surface area contributed by atoms with Crippen LogP contribution in [0.15, 0.2) is 54.6 Å². The molecule has 1 N–H and O–H groups in total. The van der Waals surface area contributed by atoms with Crippen LogP contribution in [0.5, 0.6) is 0 Å². The van der Waals surface area contributed by atoms with Crippen LogP contribution in [0.25, 0.3) is 0 Å². The van der Waals surface area contributed by atoms with Crippen molar-refractivity contribution in [3.05, 3.63) is 60.2 Å². The molecule has 0 aliphatic heterocycles. The lowest BCUT2D eigenvalue weighted by Gasteiger charge is -2.24. The van der Waals surface area contributed by atoms with Crippen molar-refractivity contribution >= 4 is 17.3 Å². The Morgan fingerprint density at radius 2 is 1.53 bits per heavy atom. The fourth-order valence-corrected chi connectivity index (χ4v) is 1.86. The Kier molecular flexibility index (Phi) is 3.97. The van der Waals surface area contributed by atoms with Gasteiger partial charge in [-0.3, -0.25) is 9.69 Å². The van der Waals surface area contributed by atoms with Crippen molar-refractivity contribution < 1.29 is 9.90 Å². The zero-order valence-electron chi connectivity index (χ0n) is 11.1. The van der Waals surface area contributed by atoms with E-state index in [1.165, 1.54) is 11.8 Å². The highest BCUT2D eigenvalue weighted by Gasteiger charge is 2.21. The molecule has 3 heteroatoms. The third kappa shape index (κ3) is 3.01. The number of aliphatic hydroxyl groups excluding tert-OH is 1. The number of anilines is 2. The van der Waals surface area contributed by atoms with Crippen LogP contribution in [0.3, 0.4) is 0 Å². The second-order valence-electron chi connectivity index (χ2n) is 4.52. The van der Waals surface area contributed by atoms with Crippen LogP contribution in [0, 0.1) is 6.92 Å². The molecular weight excluding hydrogens is 238 g/mol. The van der Waals surface area contributed by atoms with E-state index in [4.69, 9.17) is 0 Å². The molecule has 0 saturated carbocycles. The van der Waals surface area contributed by atoms with Crippen LogP contribution < -0.4 is 4.90 Å². The molecule has 0 saturated heterocycles. The first-order valence-corrected chi connectivity index (χ1v) is 6.23. The molecule has 1 unspecified atom stereocenters. The number of aliphatic hydroxyl groups is 1. The van der Waals surface area contributed by atoms with Gasteiger partial charge in [0.15, 0.2) is 0 Å². The van der Waals surface area contributed by atoms with Crippen molar-refractivity contribution in [2.45, 2.75) is 20.0 Å². The molecule has 0 heterocycles. The van der Waals surface area contributed by atoms with E-state index in [0.717, 1.165) is 16.9 Å². The van der Waals surface area contributed by atoms with Gasteiger partial charge in [-0.25, -0.2) is 0 Å². The third-order valence-electron chi connectivity index (χ3n) is 2.88. The summed E-state index contributed by atoms with van der Waals surface area (Å²) in [5.41, 5.74) is 2.63. The monoisotopic (exact) mass is 255 g/mol. The Morgan fingerprint density at radius 3 is 2.05 bits per heavy atom. The number of hydrogen-bond acceptors (Lipinski definition) is 2. The number of carbonyl (C=O) groups excluding carboxylic acids is 1. The molecule has 1 atom stereocenters. The highest BCUT2D eigenvalue weighted by molar-refractivity contribution is 6.02. The quantitative estimate of drug-likeness (QED) is 0.915. The van der Waals surface area contributed by atoms with E-state index in [9.17, 15) is 9.90 Å². The Labute approximate surface area is 113 Å². The summed E-state index contributed by atoms with van der Waals surface area (Å²) in [4.78, 5) is 13.7. The molecule has 0 spiro atoms. The van der Waals surface area contributed by atoms with Crippen LogP contribution in [-0.2, 0) is 4.79 Å². The van der Waals surface area contributed by atoms with E-state index < -0.39 is 6.10 Å². The lowest BCUT2D eigenvalue weighted by atomic mass is 10.1. The van der Waals surface area contributed by atoms with Crippen molar-refractivity contribution in [3.8, 4) is 0 Å². The van der Waals surface area contributed by atoms with Gasteiger partial charge in [-0.15, -0.1) is 0 Å². The maximum atomic E-state index is 12.2. The van der Waals surface area contributed by atoms with Crippen molar-refractivity contribution in [3.63, 3.8) is 0 Å². The lowest BCUT2D eigenvalue weighted by Crippen LogP contribution is -2.34. The van der Waals surface area contributed by atoms with Gasteiger partial charge in [0.2, 0.25) is 0 Å². The number of hydrogen-bond donors (Lipinski definition) is 1. The van der Waals surface area contributed by atoms with Crippen LogP contribution in [0.1, 0.15) is 12.5 Å². The van der Waals surface area contributed by atoms with E-state index in [-0.39, 0.29) is 5.91 Å². The van der Waals surface area contributed by atoms with Gasteiger partial charge in [-0.1, -0.05) is 35.9 Å². The Balaban J connectivity index is 2.46. The minimum Gasteiger partial charge on any atom is -0.384 e. The second kappa shape index (κ2) is 5.67. The fraction of sp³-hybridized carbons (Fsp3) is 0.188. The topological polar surface area (TPSA) is 40.5 Å². The average Bonchev–Trinajstić information content (AvgIpc) is 2.42. The SMILES string of the molecule is Cc1ccc(N(C(=O)C(C)O)c2ccccc2)cc1. The van der Waals surface area contributed by atoms with Crippen LogP contribution >= 0.6 is 0 Å². The highest BCUT2D eigenvalue weighted by Crippen LogP contribution is 2.26. The maximum Gasteiger partial charge on any atom is 0.260 e. The maximum absolute atomic E-state index is 12.2. The zero-order chi connectivity index (χ0) is 13.8. The molecule has 0 fully saturated rings. The van der Waals surface area contributed by atoms with Gasteiger partial charge in [0.25, 0.3) is 5.91 Å². The van der Waals surface area contributed by atoms with Gasteiger partial charge in [-0.2, -0.15) is 0 Å². The average molecular weight is 255 g/mol. The molecule has 3 nitrogen and oxygen atoms in total. The van der Waals surface area contributed by atoms with Crippen LogP contribution in [-0.4, -0.2) is 17.1 Å². The predicted octanol–water partition coefficient (Wildman–Crippen LogP) is 3.04. The smallest absolute Gasteiger partial charge is 0.260 e. The summed E-state index contributed by atoms with van der Waals surface area (Å²) < 4.78 is 0. The molecule has 98 valence electrons. The number of benzene rings is 2. The summed E-state index contributed by atoms with van der Waals surface area (Å²) in [6.07, 6.45) is -1.04. The summed E-state index contributed by atoms with van der Waals surface area (Å²) in [6, 6.07) is 17.0. The molecule has 0 aliphatic carbocycles. The number of nitrogens with zero attached hydrogens (tertiary/aromatic N) is 1. The molecule has 19 heavy (non-hydrogen) atoms. The standard InChI is InChI=1S/C16H17NO2/c1-12-8-10-15(11-9-12)17(16(19)13(2)18)14-6-4-3-5-7-14/h3-11,13,18H,1-2H3. The molecule has 2 aromatic rings. The first-order chi connectivity index (χ1) is 9.09. The Hall–Kier alpha value is -2.13. The number of aryl methyl sites for hydroxylation is 1. The van der Waals surface area contributed by atoms with Crippen molar-refractivity contribution in [1.29, 1.82) is 0 Å². The molecule has 0 aromatic heterocycles. The molecule has 2 aromatic carbocycles. The molecule has 0 bridgehead atoms. The summed E-state index contributed by atoms with van der Waals surface area (Å²) in [6.45, 7) is 3.47. The second-order valence-corrected chi connectivity index (χ2v) is 4.52. The Morgan fingerprint density at radius 1 is 1.00 bits per heavy atom. The minimum atomic E-state index is -1.04. The van der Waals surface area contributed by atoms with Gasteiger partial charge < -0.3 is 5.11 Å². The van der Waals surface area contributed by atoms with Crippen molar-refractivity contribution in [1.82, 2.24) is 0 Å². The fourth-order valence-electron chi connectivity index (χ4n) is 1.86. The molecule has 0 radical (unpaired) electrons. The Bertz CT molecular complexity index is 547. The number of carbonyl (C=O) groups is 1. The summed E-state index contributed by atoms with van der Waals surface area (Å²) in [7, 11) is 0. The zero-order valence-corrected chi connectivity index (χ0v) is 11.1. The third-order valence-corrected chi connectivity index (χ3v) is 2.88. The molecule has 2 rings (SSSR count). The van der Waals surface area contributed by atoms with E-state index in [1.54, 1.807) is 0 Å². The largest absolute Gasteiger partial charge is 0.384 e. The number of para-hydroxylation sites is 1. The van der Waals surface area contributed by atoms with Gasteiger partial charge in [0.05, 0.1) is 0 Å². The summed E-state index contributed by atoms with van der Waals surface area (Å²) >= 11 is 0. The van der Waals surface area contributed by atoms with Gasteiger partial charge in [-0.05, 0) is 38.1 Å². The number of amides is 1. The van der Waals surface area contributed by atoms with E-state index in [1.807, 2.05) is 61.5 Å². The summed E-state index contributed by atoms with van der Waals surface area (Å²) in [5.74, 6) is -0.338. The molecular formula is C16H17NO2. The van der Waals surface area contributed by atoms with Crippen molar-refractivity contribution in [2.24, 2.45) is 0 Å². The number of rotatable bonds is 3. The lowest BCUT2D eigenvalue weighted by molar-refractivity contribution is -0.125. The minimum absolute atomic E-state index is 0.338. The first-order valence-electron chi connectivity index (χ1n) is 6.23. The van der Waals surface area contributed by atoms with Crippen molar-refractivity contribution in [2.75, 3.05) is 4.90 Å². The first kappa shape index (κ1) is 13.3. The highest BCUT2D eigenvalue weighted by atomic mass is 16.3. The summed E-state index contributed by atoms with van der Waals surface area (Å²) in [5, 5.41) is 9.58. The van der Waals surface area contributed by atoms with E-state index in [0.29, 0.717) is 0 Å². The van der Waals surface area contributed by atoms with E-state index in [2.05, 4.69) is 0 Å². The van der Waals surface area contributed by atoms with Gasteiger partial charge in [0.1, 0.15) is 6.10 Å². The predicted molar refractivity (Wildman–Crippen MR) is 76.4 cm³/mol. The van der Waals surface area contributed by atoms with Crippen LogP contribution in [0.2, 0.25) is 0 Å². The van der Waals surface area contributed by atoms with Crippen LogP contribution in [0.4, 0.5) is 11.4 Å². The van der Waals surface area contributed by atoms with Gasteiger partial charge >= 0.3 is 0 Å².